The molecule has 0 N–H and O–H groups in total. The van der Waals surface area contributed by atoms with Crippen LogP contribution < -0.4 is 0 Å². The Labute approximate surface area is 281 Å². The van der Waals surface area contributed by atoms with Gasteiger partial charge >= 0.3 is 0 Å². The molecule has 2 nitrogen and oxygen atoms in total. The number of hydrogen-bond donors (Lipinski definition) is 0. The summed E-state index contributed by atoms with van der Waals surface area (Å²) in [7, 11) is 0. The highest BCUT2D eigenvalue weighted by Gasteiger charge is 2.11. The van der Waals surface area contributed by atoms with Crippen molar-refractivity contribution < 1.29 is 0 Å². The molecule has 8 aromatic rings. The molecule has 226 valence electrons. The van der Waals surface area contributed by atoms with Gasteiger partial charge in [0.2, 0.25) is 0 Å². The molecular formula is C46H32N2. The normalized spacial score (nSPS) is 10.9. The molecule has 0 amide bonds. The summed E-state index contributed by atoms with van der Waals surface area (Å²) in [6, 6.07) is 61.0. The van der Waals surface area contributed by atoms with Gasteiger partial charge in [0, 0.05) is 24.8 Å². The van der Waals surface area contributed by atoms with Gasteiger partial charge in [-0.2, -0.15) is 0 Å². The summed E-state index contributed by atoms with van der Waals surface area (Å²) in [5.41, 5.74) is 16.5. The lowest BCUT2D eigenvalue weighted by atomic mass is 9.91. The monoisotopic (exact) mass is 612 g/mol. The van der Waals surface area contributed by atoms with E-state index in [0.717, 1.165) is 27.8 Å². The Morgan fingerprint density at radius 1 is 0.188 bits per heavy atom. The third-order valence-electron chi connectivity index (χ3n) is 8.83. The van der Waals surface area contributed by atoms with Crippen LogP contribution >= 0.6 is 0 Å². The number of nitrogens with zero attached hydrogens (tertiary/aromatic N) is 2. The zero-order chi connectivity index (χ0) is 32.1. The van der Waals surface area contributed by atoms with Crippen LogP contribution in [0.4, 0.5) is 0 Å². The van der Waals surface area contributed by atoms with E-state index in [4.69, 9.17) is 0 Å². The van der Waals surface area contributed by atoms with Crippen molar-refractivity contribution in [3.8, 4) is 77.9 Å². The molecule has 48 heavy (non-hydrogen) atoms. The van der Waals surface area contributed by atoms with Crippen LogP contribution in [0.25, 0.3) is 77.9 Å². The summed E-state index contributed by atoms with van der Waals surface area (Å²) in [5.74, 6) is 0. The fourth-order valence-corrected chi connectivity index (χ4v) is 6.36. The zero-order valence-electron chi connectivity index (χ0n) is 26.4. The number of hydrogen-bond acceptors (Lipinski definition) is 2. The fourth-order valence-electron chi connectivity index (χ4n) is 6.36. The van der Waals surface area contributed by atoms with E-state index in [1.54, 1.807) is 0 Å². The van der Waals surface area contributed by atoms with Gasteiger partial charge in [0.15, 0.2) is 0 Å². The largest absolute Gasteiger partial charge is 0.265 e. The van der Waals surface area contributed by atoms with Gasteiger partial charge in [-0.05, 0) is 151 Å². The van der Waals surface area contributed by atoms with E-state index in [1.165, 1.54) is 50.1 Å². The second-order valence-corrected chi connectivity index (χ2v) is 12.0. The topological polar surface area (TPSA) is 25.8 Å². The minimum Gasteiger partial charge on any atom is -0.265 e. The summed E-state index contributed by atoms with van der Waals surface area (Å²) in [6.07, 6.45) is 7.39. The van der Waals surface area contributed by atoms with Gasteiger partial charge in [-0.25, -0.2) is 0 Å². The molecule has 0 aliphatic carbocycles. The maximum Gasteiger partial charge on any atom is 0.0273 e. The Bertz CT molecular complexity index is 2030. The Balaban J connectivity index is 1.21. The summed E-state index contributed by atoms with van der Waals surface area (Å²) >= 11 is 0. The Morgan fingerprint density at radius 3 is 0.750 bits per heavy atom. The lowest BCUT2D eigenvalue weighted by Gasteiger charge is -2.14. The summed E-state index contributed by atoms with van der Waals surface area (Å²) in [6.45, 7) is 0. The standard InChI is InChI=1S/C46H32N2/c1-3-9-33(10-4-1)41-27-42(34-11-5-2-6-12-34)30-45(29-41)39-15-7-13-37(25-39)38-14-8-16-40(26-38)46-31-43(35-17-21-47-22-18-35)28-44(32-46)36-19-23-48-24-20-36/h1-32H. The lowest BCUT2D eigenvalue weighted by molar-refractivity contribution is 1.33. The number of rotatable bonds is 7. The van der Waals surface area contributed by atoms with Crippen LogP contribution in [-0.2, 0) is 0 Å². The summed E-state index contributed by atoms with van der Waals surface area (Å²) in [5, 5.41) is 0. The molecule has 0 spiro atoms. The van der Waals surface area contributed by atoms with E-state index >= 15 is 0 Å². The van der Waals surface area contributed by atoms with Crippen LogP contribution in [0.2, 0.25) is 0 Å². The van der Waals surface area contributed by atoms with Gasteiger partial charge in [-0.15, -0.1) is 0 Å². The molecule has 0 radical (unpaired) electrons. The van der Waals surface area contributed by atoms with Gasteiger partial charge in [-0.1, -0.05) is 97.1 Å². The van der Waals surface area contributed by atoms with Crippen molar-refractivity contribution in [3.63, 3.8) is 0 Å². The van der Waals surface area contributed by atoms with Gasteiger partial charge in [0.25, 0.3) is 0 Å². The molecule has 0 saturated heterocycles. The summed E-state index contributed by atoms with van der Waals surface area (Å²) < 4.78 is 0. The van der Waals surface area contributed by atoms with E-state index in [2.05, 4.69) is 180 Å². The third-order valence-corrected chi connectivity index (χ3v) is 8.83. The Kier molecular flexibility index (Phi) is 7.96. The van der Waals surface area contributed by atoms with E-state index < -0.39 is 0 Å². The molecule has 0 aliphatic rings. The molecule has 2 heterocycles. The predicted molar refractivity (Wildman–Crippen MR) is 200 cm³/mol. The average Bonchev–Trinajstić information content (AvgIpc) is 3.19. The van der Waals surface area contributed by atoms with Crippen molar-refractivity contribution in [2.24, 2.45) is 0 Å². The van der Waals surface area contributed by atoms with Crippen molar-refractivity contribution in [2.45, 2.75) is 0 Å². The average molecular weight is 613 g/mol. The first-order valence-corrected chi connectivity index (χ1v) is 16.2. The van der Waals surface area contributed by atoms with E-state index in [9.17, 15) is 0 Å². The molecule has 0 fully saturated rings. The first-order valence-electron chi connectivity index (χ1n) is 16.2. The van der Waals surface area contributed by atoms with Crippen molar-refractivity contribution in [1.29, 1.82) is 0 Å². The third kappa shape index (κ3) is 6.20. The van der Waals surface area contributed by atoms with Crippen LogP contribution in [0.3, 0.4) is 0 Å². The molecule has 0 atom stereocenters. The molecule has 0 saturated carbocycles. The van der Waals surface area contributed by atoms with Crippen LogP contribution in [0.5, 0.6) is 0 Å². The first-order chi connectivity index (χ1) is 23.8. The van der Waals surface area contributed by atoms with E-state index in [-0.39, 0.29) is 0 Å². The maximum atomic E-state index is 4.24. The SMILES string of the molecule is c1ccc(-c2cc(-c3ccccc3)cc(-c3cccc(-c4cccc(-c5cc(-c6ccncc6)cc(-c6ccncc6)c5)c4)c3)c2)cc1. The van der Waals surface area contributed by atoms with Crippen LogP contribution in [0, 0.1) is 0 Å². The van der Waals surface area contributed by atoms with Gasteiger partial charge in [-0.3, -0.25) is 9.97 Å². The van der Waals surface area contributed by atoms with Gasteiger partial charge in [0.05, 0.1) is 0 Å². The van der Waals surface area contributed by atoms with E-state index in [1.807, 2.05) is 24.8 Å². The summed E-state index contributed by atoms with van der Waals surface area (Å²) in [4.78, 5) is 8.48. The van der Waals surface area contributed by atoms with Crippen molar-refractivity contribution in [3.05, 3.63) is 195 Å². The quantitative estimate of drug-likeness (QED) is 0.179. The maximum absolute atomic E-state index is 4.24. The number of aromatic nitrogens is 2. The lowest BCUT2D eigenvalue weighted by Crippen LogP contribution is -1.88. The highest BCUT2D eigenvalue weighted by atomic mass is 14.6. The number of benzene rings is 6. The molecule has 0 unspecified atom stereocenters. The zero-order valence-corrected chi connectivity index (χ0v) is 26.4. The molecule has 2 aromatic heterocycles. The van der Waals surface area contributed by atoms with Crippen LogP contribution in [-0.4, -0.2) is 9.97 Å². The highest BCUT2D eigenvalue weighted by molar-refractivity contribution is 5.85. The van der Waals surface area contributed by atoms with Crippen molar-refractivity contribution in [1.82, 2.24) is 9.97 Å². The minimum atomic E-state index is 1.14. The van der Waals surface area contributed by atoms with Crippen LogP contribution in [0.1, 0.15) is 0 Å². The second kappa shape index (κ2) is 13.2. The molecule has 2 heteroatoms. The van der Waals surface area contributed by atoms with Crippen molar-refractivity contribution >= 4 is 0 Å². The predicted octanol–water partition coefficient (Wildman–Crippen LogP) is 12.1. The van der Waals surface area contributed by atoms with Crippen molar-refractivity contribution in [2.75, 3.05) is 0 Å². The molecule has 0 aliphatic heterocycles. The molecule has 0 bridgehead atoms. The van der Waals surface area contributed by atoms with E-state index in [0.29, 0.717) is 0 Å². The number of pyridine rings is 2. The highest BCUT2D eigenvalue weighted by Crippen LogP contribution is 2.37. The molecule has 6 aromatic carbocycles. The molecule has 8 rings (SSSR count). The first kappa shape index (κ1) is 29.1. The molecular weight excluding hydrogens is 581 g/mol. The van der Waals surface area contributed by atoms with Gasteiger partial charge < -0.3 is 0 Å². The Hall–Kier alpha value is -6.38. The minimum absolute atomic E-state index is 1.14. The smallest absolute Gasteiger partial charge is 0.0273 e. The fraction of sp³-hybridized carbons (Fsp3) is 0. The van der Waals surface area contributed by atoms with Crippen LogP contribution in [0.15, 0.2) is 195 Å². The Morgan fingerprint density at radius 2 is 0.417 bits per heavy atom. The second-order valence-electron chi connectivity index (χ2n) is 12.0. The van der Waals surface area contributed by atoms with Gasteiger partial charge in [0.1, 0.15) is 0 Å².